The summed E-state index contributed by atoms with van der Waals surface area (Å²) in [4.78, 5) is 37.7. The van der Waals surface area contributed by atoms with E-state index in [1.807, 2.05) is 0 Å². The lowest BCUT2D eigenvalue weighted by molar-refractivity contribution is -0.134. The fraction of sp³-hybridized carbons (Fsp3) is 0.591. The number of amides is 3. The number of benzene rings is 1. The van der Waals surface area contributed by atoms with Gasteiger partial charge in [-0.3, -0.25) is 19.7 Å². The van der Waals surface area contributed by atoms with Gasteiger partial charge in [0, 0.05) is 44.8 Å². The highest BCUT2D eigenvalue weighted by Gasteiger charge is 2.28. The van der Waals surface area contributed by atoms with Crippen LogP contribution in [0.4, 0.5) is 10.1 Å². The summed E-state index contributed by atoms with van der Waals surface area (Å²) in [7, 11) is 0. The number of hydrogen-bond donors (Lipinski definition) is 4. The molecule has 9 heteroatoms. The summed E-state index contributed by atoms with van der Waals surface area (Å²) in [5.74, 6) is -2.23. The number of anilines is 1. The van der Waals surface area contributed by atoms with Crippen LogP contribution < -0.4 is 21.3 Å². The largest absolute Gasteiger partial charge is 0.385 e. The highest BCUT2D eigenvalue weighted by Crippen LogP contribution is 2.16. The molecule has 170 valence electrons. The molecule has 0 radical (unpaired) electrons. The third kappa shape index (κ3) is 7.29. The lowest BCUT2D eigenvalue weighted by atomic mass is 10.1. The second-order valence-corrected chi connectivity index (χ2v) is 8.10. The zero-order valence-electron chi connectivity index (χ0n) is 17.8. The van der Waals surface area contributed by atoms with Crippen molar-refractivity contribution in [2.75, 3.05) is 44.6 Å². The number of nitrogens with one attached hydrogen (secondary N) is 4. The molecule has 0 aliphatic carbocycles. The van der Waals surface area contributed by atoms with E-state index in [1.54, 1.807) is 6.07 Å². The Morgan fingerprint density at radius 1 is 1.13 bits per heavy atom. The zero-order chi connectivity index (χ0) is 22.1. The normalized spacial score (nSPS) is 19.7. The molecular weight excluding hydrogens is 401 g/mol. The first-order valence-electron chi connectivity index (χ1n) is 11.1. The van der Waals surface area contributed by atoms with Gasteiger partial charge in [-0.1, -0.05) is 12.8 Å². The number of piperidine rings is 1. The molecule has 0 aromatic heterocycles. The predicted octanol–water partition coefficient (Wildman–Crippen LogP) is 1.24. The third-order valence-electron chi connectivity index (χ3n) is 5.70. The summed E-state index contributed by atoms with van der Waals surface area (Å²) < 4.78 is 14.4. The topological polar surface area (TPSA) is 103 Å². The average Bonchev–Trinajstić information content (AvgIpc) is 2.76. The van der Waals surface area contributed by atoms with Crippen LogP contribution in [0.1, 0.15) is 48.9 Å². The summed E-state index contributed by atoms with van der Waals surface area (Å²) in [6.07, 6.45) is 4.87. The first kappa shape index (κ1) is 23.1. The number of piperazine rings is 1. The second-order valence-electron chi connectivity index (χ2n) is 8.10. The van der Waals surface area contributed by atoms with Gasteiger partial charge in [-0.2, -0.15) is 0 Å². The molecule has 31 heavy (non-hydrogen) atoms. The van der Waals surface area contributed by atoms with Crippen LogP contribution in [0.3, 0.4) is 0 Å². The minimum atomic E-state index is -0.825. The van der Waals surface area contributed by atoms with Crippen LogP contribution in [0.5, 0.6) is 0 Å². The van der Waals surface area contributed by atoms with Gasteiger partial charge in [-0.25, -0.2) is 4.39 Å². The molecule has 2 heterocycles. The van der Waals surface area contributed by atoms with Crippen LogP contribution in [-0.4, -0.2) is 67.9 Å². The number of unbranched alkanes of at least 4 members (excludes halogenated alkanes) is 3. The SMILES string of the molecule is O=C1CC[C@@H](NC(=O)c2ccc(NCCCCCCN3CCNCC3)cc2F)C(=O)N1. The Kier molecular flexibility index (Phi) is 8.78. The van der Waals surface area contributed by atoms with Crippen LogP contribution in [0.2, 0.25) is 0 Å². The van der Waals surface area contributed by atoms with Crippen LogP contribution >= 0.6 is 0 Å². The van der Waals surface area contributed by atoms with Crippen molar-refractivity contribution in [1.29, 1.82) is 0 Å². The quantitative estimate of drug-likeness (QED) is 0.327. The van der Waals surface area contributed by atoms with Crippen LogP contribution in [-0.2, 0) is 9.59 Å². The van der Waals surface area contributed by atoms with Crippen molar-refractivity contribution < 1.29 is 18.8 Å². The summed E-state index contributed by atoms with van der Waals surface area (Å²) in [5, 5.41) is 11.2. The van der Waals surface area contributed by atoms with E-state index in [0.717, 1.165) is 52.1 Å². The molecule has 1 aromatic rings. The van der Waals surface area contributed by atoms with Gasteiger partial charge in [0.05, 0.1) is 5.56 Å². The van der Waals surface area contributed by atoms with Crippen molar-refractivity contribution in [3.8, 4) is 0 Å². The molecule has 2 aliphatic rings. The summed E-state index contributed by atoms with van der Waals surface area (Å²) in [6.45, 7) is 6.33. The number of hydrogen-bond acceptors (Lipinski definition) is 6. The minimum absolute atomic E-state index is 0.122. The fourth-order valence-electron chi connectivity index (χ4n) is 3.86. The molecular formula is C22H32FN5O3. The molecule has 3 amide bonds. The summed E-state index contributed by atoms with van der Waals surface area (Å²) >= 11 is 0. The van der Waals surface area contributed by atoms with E-state index < -0.39 is 23.7 Å². The Labute approximate surface area is 182 Å². The Morgan fingerprint density at radius 3 is 2.65 bits per heavy atom. The maximum Gasteiger partial charge on any atom is 0.254 e. The average molecular weight is 434 g/mol. The molecule has 1 atom stereocenters. The highest BCUT2D eigenvalue weighted by molar-refractivity contribution is 6.03. The van der Waals surface area contributed by atoms with Crippen LogP contribution in [0.25, 0.3) is 0 Å². The van der Waals surface area contributed by atoms with Gasteiger partial charge < -0.3 is 20.9 Å². The monoisotopic (exact) mass is 433 g/mol. The van der Waals surface area contributed by atoms with E-state index in [4.69, 9.17) is 0 Å². The molecule has 3 rings (SSSR count). The van der Waals surface area contributed by atoms with E-state index in [1.165, 1.54) is 25.0 Å². The van der Waals surface area contributed by atoms with Crippen molar-refractivity contribution in [2.24, 2.45) is 0 Å². The molecule has 1 aromatic carbocycles. The Bertz CT molecular complexity index is 782. The zero-order valence-corrected chi connectivity index (χ0v) is 17.8. The Morgan fingerprint density at radius 2 is 1.90 bits per heavy atom. The highest BCUT2D eigenvalue weighted by atomic mass is 19.1. The lowest BCUT2D eigenvalue weighted by Crippen LogP contribution is -2.52. The van der Waals surface area contributed by atoms with E-state index in [9.17, 15) is 18.8 Å². The number of halogens is 1. The number of nitrogens with zero attached hydrogens (tertiary/aromatic N) is 1. The first-order chi connectivity index (χ1) is 15.0. The first-order valence-corrected chi connectivity index (χ1v) is 11.1. The molecule has 0 spiro atoms. The van der Waals surface area contributed by atoms with Crippen molar-refractivity contribution >= 4 is 23.4 Å². The van der Waals surface area contributed by atoms with Crippen molar-refractivity contribution in [1.82, 2.24) is 20.9 Å². The lowest BCUT2D eigenvalue weighted by Gasteiger charge is -2.27. The van der Waals surface area contributed by atoms with Gasteiger partial charge >= 0.3 is 0 Å². The Balaban J connectivity index is 1.34. The number of imide groups is 1. The van der Waals surface area contributed by atoms with Crippen LogP contribution in [0, 0.1) is 5.82 Å². The van der Waals surface area contributed by atoms with Crippen LogP contribution in [0.15, 0.2) is 18.2 Å². The maximum atomic E-state index is 14.4. The Hall–Kier alpha value is -2.52. The summed E-state index contributed by atoms with van der Waals surface area (Å²) in [6, 6.07) is 3.54. The van der Waals surface area contributed by atoms with E-state index in [-0.39, 0.29) is 24.3 Å². The maximum absolute atomic E-state index is 14.4. The molecule has 0 bridgehead atoms. The van der Waals surface area contributed by atoms with Gasteiger partial charge in [-0.05, 0) is 44.0 Å². The van der Waals surface area contributed by atoms with E-state index >= 15 is 0 Å². The van der Waals surface area contributed by atoms with Crippen molar-refractivity contribution in [3.63, 3.8) is 0 Å². The molecule has 4 N–H and O–H groups in total. The van der Waals surface area contributed by atoms with Gasteiger partial charge in [0.2, 0.25) is 11.8 Å². The predicted molar refractivity (Wildman–Crippen MR) is 116 cm³/mol. The molecule has 8 nitrogen and oxygen atoms in total. The number of rotatable bonds is 10. The molecule has 0 saturated carbocycles. The number of carbonyl (C=O) groups excluding carboxylic acids is 3. The molecule has 0 unspecified atom stereocenters. The third-order valence-corrected chi connectivity index (χ3v) is 5.70. The van der Waals surface area contributed by atoms with Gasteiger partial charge in [-0.15, -0.1) is 0 Å². The molecule has 2 aliphatic heterocycles. The van der Waals surface area contributed by atoms with E-state index in [0.29, 0.717) is 5.69 Å². The van der Waals surface area contributed by atoms with Gasteiger partial charge in [0.25, 0.3) is 5.91 Å². The van der Waals surface area contributed by atoms with Crippen molar-refractivity contribution in [2.45, 2.75) is 44.6 Å². The number of carbonyl (C=O) groups is 3. The van der Waals surface area contributed by atoms with E-state index in [2.05, 4.69) is 26.2 Å². The molecule has 2 saturated heterocycles. The second kappa shape index (κ2) is 11.8. The smallest absolute Gasteiger partial charge is 0.254 e. The molecule has 2 fully saturated rings. The van der Waals surface area contributed by atoms with Gasteiger partial charge in [0.15, 0.2) is 0 Å². The standard InChI is InChI=1S/C22H32FN5O3/c23-18-15-16(25-9-3-1-2-4-12-28-13-10-24-11-14-28)5-6-17(18)21(30)26-19-7-8-20(29)27-22(19)31/h5-6,15,19,24-25H,1-4,7-14H2,(H,26,30)(H,27,29,31)/t19-/m1/s1. The summed E-state index contributed by atoms with van der Waals surface area (Å²) in [5.41, 5.74) is 0.499. The van der Waals surface area contributed by atoms with Crippen molar-refractivity contribution in [3.05, 3.63) is 29.6 Å². The van der Waals surface area contributed by atoms with Gasteiger partial charge in [0.1, 0.15) is 11.9 Å². The fourth-order valence-corrected chi connectivity index (χ4v) is 3.86. The minimum Gasteiger partial charge on any atom is -0.385 e.